The van der Waals surface area contributed by atoms with Crippen molar-refractivity contribution in [1.29, 1.82) is 0 Å². The lowest BCUT2D eigenvalue weighted by Gasteiger charge is -2.28. The summed E-state index contributed by atoms with van der Waals surface area (Å²) in [6, 6.07) is 12.3. The molecule has 0 aliphatic carbocycles. The molecule has 34 heavy (non-hydrogen) atoms. The predicted molar refractivity (Wildman–Crippen MR) is 135 cm³/mol. The Labute approximate surface area is 202 Å². The Morgan fingerprint density at radius 2 is 1.79 bits per heavy atom. The van der Waals surface area contributed by atoms with E-state index in [1.54, 1.807) is 29.2 Å². The number of likely N-dealkylation sites (N-methyl/N-ethyl adjacent to an activating group) is 1. The molecule has 0 saturated carbocycles. The molecule has 0 aromatic heterocycles. The molecule has 0 unspecified atom stereocenters. The van der Waals surface area contributed by atoms with Crippen molar-refractivity contribution in [2.45, 2.75) is 33.7 Å². The van der Waals surface area contributed by atoms with Gasteiger partial charge in [0.2, 0.25) is 0 Å². The zero-order chi connectivity index (χ0) is 24.8. The summed E-state index contributed by atoms with van der Waals surface area (Å²) in [7, 11) is 0. The molecule has 1 atom stereocenters. The number of amides is 1. The summed E-state index contributed by atoms with van der Waals surface area (Å²) in [5.41, 5.74) is 3.28. The third-order valence-electron chi connectivity index (χ3n) is 6.29. The molecule has 1 amide bonds. The molecule has 0 bridgehead atoms. The van der Waals surface area contributed by atoms with Crippen LogP contribution in [0.4, 0.5) is 0 Å². The quantitative estimate of drug-likeness (QED) is 0.241. The molecule has 1 fully saturated rings. The van der Waals surface area contributed by atoms with Gasteiger partial charge in [0.15, 0.2) is 0 Å². The number of likely N-dealkylation sites (tertiary alicyclic amines) is 1. The SMILES string of the molecule is C=CCOc1ccc(C(O)=C2C(=O)C(=O)N(CCN(CC)CC)[C@H]2c2ccc(C)cc2)cc1C. The van der Waals surface area contributed by atoms with E-state index in [4.69, 9.17) is 4.74 Å². The van der Waals surface area contributed by atoms with Gasteiger partial charge in [-0.2, -0.15) is 0 Å². The van der Waals surface area contributed by atoms with Crippen molar-refractivity contribution in [1.82, 2.24) is 9.80 Å². The van der Waals surface area contributed by atoms with Crippen LogP contribution >= 0.6 is 0 Å². The average Bonchev–Trinajstić information content (AvgIpc) is 3.09. The molecule has 3 rings (SSSR count). The van der Waals surface area contributed by atoms with Gasteiger partial charge in [-0.3, -0.25) is 9.59 Å². The fourth-order valence-electron chi connectivity index (χ4n) is 4.26. The minimum absolute atomic E-state index is 0.118. The first-order chi connectivity index (χ1) is 16.3. The van der Waals surface area contributed by atoms with Gasteiger partial charge in [-0.1, -0.05) is 56.3 Å². The highest BCUT2D eigenvalue weighted by Crippen LogP contribution is 2.39. The number of aliphatic hydroxyl groups excluding tert-OH is 1. The predicted octanol–water partition coefficient (Wildman–Crippen LogP) is 4.63. The maximum absolute atomic E-state index is 13.2. The topological polar surface area (TPSA) is 70.1 Å². The van der Waals surface area contributed by atoms with Gasteiger partial charge in [-0.15, -0.1) is 0 Å². The molecule has 1 N–H and O–H groups in total. The minimum Gasteiger partial charge on any atom is -0.507 e. The van der Waals surface area contributed by atoms with Crippen LogP contribution in [0.25, 0.3) is 5.76 Å². The second kappa shape index (κ2) is 11.2. The molecule has 0 radical (unpaired) electrons. The van der Waals surface area contributed by atoms with Crippen molar-refractivity contribution in [2.75, 3.05) is 32.8 Å². The highest BCUT2D eigenvalue weighted by molar-refractivity contribution is 6.46. The van der Waals surface area contributed by atoms with E-state index in [0.29, 0.717) is 31.0 Å². The number of ether oxygens (including phenoxy) is 1. The number of benzene rings is 2. The lowest BCUT2D eigenvalue weighted by molar-refractivity contribution is -0.140. The Bertz CT molecular complexity index is 1080. The molecule has 2 aromatic rings. The largest absolute Gasteiger partial charge is 0.507 e. The summed E-state index contributed by atoms with van der Waals surface area (Å²) in [6.07, 6.45) is 1.66. The number of hydrogen-bond acceptors (Lipinski definition) is 5. The summed E-state index contributed by atoms with van der Waals surface area (Å²) in [5.74, 6) is -0.743. The zero-order valence-corrected chi connectivity index (χ0v) is 20.5. The lowest BCUT2D eigenvalue weighted by atomic mass is 9.94. The standard InChI is InChI=1S/C28H34N2O4/c1-6-17-34-23-14-13-22(18-20(23)5)26(31)24-25(21-11-9-19(4)10-12-21)30(28(33)27(24)32)16-15-29(7-2)8-3/h6,9-14,18,25,31H,1,7-8,15-17H2,2-5H3/t25-/m0/s1. The van der Waals surface area contributed by atoms with Crippen molar-refractivity contribution < 1.29 is 19.4 Å². The van der Waals surface area contributed by atoms with Crippen molar-refractivity contribution in [2.24, 2.45) is 0 Å². The number of aryl methyl sites for hydroxylation is 2. The van der Waals surface area contributed by atoms with Crippen molar-refractivity contribution in [3.63, 3.8) is 0 Å². The molecular formula is C28H34N2O4. The minimum atomic E-state index is -0.660. The van der Waals surface area contributed by atoms with Crippen LogP contribution < -0.4 is 4.74 Å². The maximum atomic E-state index is 13.2. The van der Waals surface area contributed by atoms with Crippen LogP contribution in [0, 0.1) is 13.8 Å². The number of aliphatic hydroxyl groups is 1. The number of carbonyl (C=O) groups is 2. The van der Waals surface area contributed by atoms with Crippen LogP contribution in [0.15, 0.2) is 60.7 Å². The maximum Gasteiger partial charge on any atom is 0.295 e. The molecule has 1 aliphatic heterocycles. The second-order valence-electron chi connectivity index (χ2n) is 8.51. The molecule has 1 heterocycles. The van der Waals surface area contributed by atoms with Crippen LogP contribution in [0.1, 0.15) is 42.1 Å². The summed E-state index contributed by atoms with van der Waals surface area (Å²) in [5, 5.41) is 11.3. The summed E-state index contributed by atoms with van der Waals surface area (Å²) in [4.78, 5) is 30.1. The number of carbonyl (C=O) groups excluding carboxylic acids is 2. The average molecular weight is 463 g/mol. The Balaban J connectivity index is 2.07. The van der Waals surface area contributed by atoms with Gasteiger partial charge < -0.3 is 19.6 Å². The number of rotatable bonds is 10. The van der Waals surface area contributed by atoms with E-state index in [2.05, 4.69) is 25.3 Å². The lowest BCUT2D eigenvalue weighted by Crippen LogP contribution is -2.38. The smallest absolute Gasteiger partial charge is 0.295 e. The highest BCUT2D eigenvalue weighted by Gasteiger charge is 2.45. The third kappa shape index (κ3) is 5.23. The number of nitrogens with zero attached hydrogens (tertiary/aromatic N) is 2. The van der Waals surface area contributed by atoms with E-state index >= 15 is 0 Å². The van der Waals surface area contributed by atoms with Crippen molar-refractivity contribution in [3.05, 3.63) is 82.9 Å². The molecular weight excluding hydrogens is 428 g/mol. The van der Waals surface area contributed by atoms with E-state index in [9.17, 15) is 14.7 Å². The highest BCUT2D eigenvalue weighted by atomic mass is 16.5. The van der Waals surface area contributed by atoms with E-state index < -0.39 is 17.7 Å². The van der Waals surface area contributed by atoms with Gasteiger partial charge >= 0.3 is 0 Å². The number of hydrogen-bond donors (Lipinski definition) is 1. The normalized spacial score (nSPS) is 17.4. The van der Waals surface area contributed by atoms with Crippen LogP contribution in [0.2, 0.25) is 0 Å². The second-order valence-corrected chi connectivity index (χ2v) is 8.51. The van der Waals surface area contributed by atoms with Crippen LogP contribution in [-0.4, -0.2) is 59.4 Å². The van der Waals surface area contributed by atoms with Gasteiger partial charge in [-0.05, 0) is 56.3 Å². The number of Topliss-reactive ketones (excluding diaryl/α,β-unsaturated/α-hetero) is 1. The van der Waals surface area contributed by atoms with Crippen LogP contribution in [0.5, 0.6) is 5.75 Å². The molecule has 6 nitrogen and oxygen atoms in total. The molecule has 2 aromatic carbocycles. The first kappa shape index (κ1) is 25.2. The van der Waals surface area contributed by atoms with Crippen molar-refractivity contribution in [3.8, 4) is 5.75 Å². The molecule has 1 aliphatic rings. The number of ketones is 1. The van der Waals surface area contributed by atoms with E-state index in [-0.39, 0.29) is 11.3 Å². The summed E-state index contributed by atoms with van der Waals surface area (Å²) < 4.78 is 5.63. The first-order valence-corrected chi connectivity index (χ1v) is 11.7. The Morgan fingerprint density at radius 1 is 1.12 bits per heavy atom. The van der Waals surface area contributed by atoms with Crippen LogP contribution in [0.3, 0.4) is 0 Å². The van der Waals surface area contributed by atoms with Crippen molar-refractivity contribution >= 4 is 17.4 Å². The van der Waals surface area contributed by atoms with Gasteiger partial charge in [-0.25, -0.2) is 0 Å². The van der Waals surface area contributed by atoms with Gasteiger partial charge in [0.05, 0.1) is 11.6 Å². The van der Waals surface area contributed by atoms with Gasteiger partial charge in [0.25, 0.3) is 11.7 Å². The zero-order valence-electron chi connectivity index (χ0n) is 20.5. The Kier molecular flexibility index (Phi) is 8.29. The molecule has 180 valence electrons. The fourth-order valence-corrected chi connectivity index (χ4v) is 4.26. The van der Waals surface area contributed by atoms with Gasteiger partial charge in [0.1, 0.15) is 18.1 Å². The molecule has 1 saturated heterocycles. The first-order valence-electron chi connectivity index (χ1n) is 11.7. The van der Waals surface area contributed by atoms with E-state index in [1.165, 1.54) is 0 Å². The van der Waals surface area contributed by atoms with Crippen LogP contribution in [-0.2, 0) is 9.59 Å². The molecule has 0 spiro atoms. The third-order valence-corrected chi connectivity index (χ3v) is 6.29. The Hall–Kier alpha value is -3.38. The fraction of sp³-hybridized carbons (Fsp3) is 0.357. The monoisotopic (exact) mass is 462 g/mol. The molecule has 6 heteroatoms. The van der Waals surface area contributed by atoms with Gasteiger partial charge in [0, 0.05) is 18.7 Å². The van der Waals surface area contributed by atoms with E-state index in [1.807, 2.05) is 38.1 Å². The summed E-state index contributed by atoms with van der Waals surface area (Å²) in [6.45, 7) is 14.8. The summed E-state index contributed by atoms with van der Waals surface area (Å²) >= 11 is 0. The Morgan fingerprint density at radius 3 is 2.38 bits per heavy atom. The van der Waals surface area contributed by atoms with E-state index in [0.717, 1.165) is 29.8 Å².